The van der Waals surface area contributed by atoms with Crippen molar-refractivity contribution in [2.75, 3.05) is 48.9 Å². The van der Waals surface area contributed by atoms with Gasteiger partial charge in [-0.3, -0.25) is 4.79 Å². The highest BCUT2D eigenvalue weighted by Gasteiger charge is 2.53. The van der Waals surface area contributed by atoms with Crippen molar-refractivity contribution in [1.29, 1.82) is 0 Å². The summed E-state index contributed by atoms with van der Waals surface area (Å²) in [4.78, 5) is 14.6. The highest BCUT2D eigenvalue weighted by atomic mass is 32.2. The molecule has 240 valence electrons. The van der Waals surface area contributed by atoms with Crippen LogP contribution in [0.25, 0.3) is 0 Å². The van der Waals surface area contributed by atoms with E-state index in [0.717, 1.165) is 27.3 Å². The molecule has 1 aliphatic carbocycles. The summed E-state index contributed by atoms with van der Waals surface area (Å²) in [7, 11) is 7.93. The third-order valence-electron chi connectivity index (χ3n) is 8.78. The van der Waals surface area contributed by atoms with Crippen LogP contribution in [0.4, 0.5) is 0 Å². The number of fused-ring (bicyclic) bond motifs is 3. The van der Waals surface area contributed by atoms with Gasteiger partial charge in [-0.2, -0.15) is 0 Å². The predicted molar refractivity (Wildman–Crippen MR) is 166 cm³/mol. The molecule has 1 aromatic heterocycles. The quantitative estimate of drug-likeness (QED) is 0.173. The molecule has 0 N–H and O–H groups in total. The molecule has 2 aliphatic heterocycles. The first-order chi connectivity index (χ1) is 22.5. The monoisotopic (exact) mass is 647 g/mol. The Balaban J connectivity index is 1.29. The number of rotatable bonds is 10. The van der Waals surface area contributed by atoms with Crippen LogP contribution < -0.4 is 33.2 Å². The number of hydrogen-bond donors (Lipinski definition) is 0. The first-order valence-electron chi connectivity index (χ1n) is 14.6. The minimum atomic E-state index is -0.519. The lowest BCUT2D eigenvalue weighted by atomic mass is 9.65. The van der Waals surface area contributed by atoms with Crippen molar-refractivity contribution in [1.82, 2.24) is 15.0 Å². The molecule has 3 aliphatic rings. The van der Waals surface area contributed by atoms with Gasteiger partial charge in [0.25, 0.3) is 0 Å². The Hall–Kier alpha value is -4.78. The summed E-state index contributed by atoms with van der Waals surface area (Å²) in [6.07, 6.45) is 1.94. The molecule has 3 heterocycles. The van der Waals surface area contributed by atoms with Gasteiger partial charge in [0, 0.05) is 22.5 Å². The Labute approximate surface area is 269 Å². The Bertz CT molecular complexity index is 1770. The zero-order valence-electron chi connectivity index (χ0n) is 26.0. The Morgan fingerprint density at radius 3 is 2.20 bits per heavy atom. The van der Waals surface area contributed by atoms with Gasteiger partial charge in [-0.25, -0.2) is 4.68 Å². The van der Waals surface area contributed by atoms with Gasteiger partial charge < -0.3 is 37.9 Å². The standard InChI is InChI=1S/C33H33N3O9S/c1-38-23-7-6-19(10-24(23)39-2)46-15-18-13-36(35-34-18)31-21-12-26-25(44-16-45-26)11-20(21)29(30-22(31)14-43-33(30)37)17-8-27(40-3)32(42-5)28(9-17)41-4/h6-13,22,29-31H,14-16H2,1-5H3/t22-,29+,30-,31-/m0/s1. The molecule has 12 nitrogen and oxygen atoms in total. The minimum Gasteiger partial charge on any atom is -0.493 e. The number of carbonyl (C=O) groups is 1. The molecule has 3 aromatic carbocycles. The Kier molecular flexibility index (Phi) is 7.93. The van der Waals surface area contributed by atoms with Gasteiger partial charge in [0.1, 0.15) is 0 Å². The van der Waals surface area contributed by atoms with Gasteiger partial charge in [0.2, 0.25) is 12.5 Å². The molecule has 0 unspecified atom stereocenters. The maximum atomic E-state index is 13.6. The lowest BCUT2D eigenvalue weighted by molar-refractivity contribution is -0.141. The van der Waals surface area contributed by atoms with E-state index in [0.29, 0.717) is 46.0 Å². The van der Waals surface area contributed by atoms with Crippen LogP contribution in [0.1, 0.15) is 34.3 Å². The highest BCUT2D eigenvalue weighted by molar-refractivity contribution is 7.98. The minimum absolute atomic E-state index is 0.119. The second kappa shape index (κ2) is 12.2. The van der Waals surface area contributed by atoms with Crippen molar-refractivity contribution in [3.8, 4) is 40.2 Å². The SMILES string of the molecule is COc1ccc(SCc2cn([C@H]3c4cc5c(cc4[C@@H](c4cc(OC)c(OC)c(OC)c4)[C@H]4C(=O)OC[C@@H]43)OCO5)nn2)cc1OC. The van der Waals surface area contributed by atoms with Gasteiger partial charge in [0.15, 0.2) is 34.5 Å². The fraction of sp³-hybridized carbons (Fsp3) is 0.364. The number of thioether (sulfide) groups is 1. The molecular weight excluding hydrogens is 614 g/mol. The van der Waals surface area contributed by atoms with E-state index < -0.39 is 11.8 Å². The van der Waals surface area contributed by atoms with Crippen molar-refractivity contribution in [3.05, 3.63) is 71.0 Å². The zero-order chi connectivity index (χ0) is 31.9. The number of hydrogen-bond acceptors (Lipinski definition) is 12. The van der Waals surface area contributed by atoms with E-state index in [4.69, 9.17) is 37.9 Å². The summed E-state index contributed by atoms with van der Waals surface area (Å²) in [5.41, 5.74) is 3.47. The van der Waals surface area contributed by atoms with Crippen LogP contribution in [0.5, 0.6) is 40.2 Å². The third kappa shape index (κ3) is 4.98. The summed E-state index contributed by atoms with van der Waals surface area (Å²) in [5, 5.41) is 9.09. The molecule has 4 aromatic rings. The van der Waals surface area contributed by atoms with Crippen LogP contribution in [0.15, 0.2) is 53.6 Å². The number of benzene rings is 3. The molecule has 1 fully saturated rings. The van der Waals surface area contributed by atoms with Gasteiger partial charge in [-0.15, -0.1) is 16.9 Å². The first-order valence-corrected chi connectivity index (χ1v) is 15.6. The van der Waals surface area contributed by atoms with Crippen LogP contribution in [-0.4, -0.2) is 69.9 Å². The molecule has 0 radical (unpaired) electrons. The summed E-state index contributed by atoms with van der Waals surface area (Å²) in [6, 6.07) is 13.2. The number of carbonyl (C=O) groups excluding carboxylic acids is 1. The van der Waals surface area contributed by atoms with Crippen molar-refractivity contribution in [3.63, 3.8) is 0 Å². The van der Waals surface area contributed by atoms with E-state index >= 15 is 0 Å². The topological polar surface area (TPSA) is 122 Å². The molecule has 0 amide bonds. The van der Waals surface area contributed by atoms with Crippen LogP contribution in [0.2, 0.25) is 0 Å². The van der Waals surface area contributed by atoms with Crippen molar-refractivity contribution < 1.29 is 42.7 Å². The molecule has 4 atom stereocenters. The van der Waals surface area contributed by atoms with E-state index in [2.05, 4.69) is 10.3 Å². The number of ether oxygens (including phenoxy) is 8. The molecule has 46 heavy (non-hydrogen) atoms. The van der Waals surface area contributed by atoms with Gasteiger partial charge in [0.05, 0.1) is 66.0 Å². The van der Waals surface area contributed by atoms with Crippen LogP contribution in [-0.2, 0) is 15.3 Å². The van der Waals surface area contributed by atoms with Crippen molar-refractivity contribution in [2.45, 2.75) is 22.6 Å². The van der Waals surface area contributed by atoms with E-state index in [1.807, 2.05) is 53.3 Å². The van der Waals surface area contributed by atoms with Crippen molar-refractivity contribution >= 4 is 17.7 Å². The summed E-state index contributed by atoms with van der Waals surface area (Å²) in [6.45, 7) is 0.353. The maximum Gasteiger partial charge on any atom is 0.310 e. The fourth-order valence-electron chi connectivity index (χ4n) is 6.73. The average Bonchev–Trinajstić information content (AvgIpc) is 3.84. The molecule has 13 heteroatoms. The number of methoxy groups -OCH3 is 5. The zero-order valence-corrected chi connectivity index (χ0v) is 26.8. The largest absolute Gasteiger partial charge is 0.493 e. The number of nitrogens with zero attached hydrogens (tertiary/aromatic N) is 3. The number of aromatic nitrogens is 3. The van der Waals surface area contributed by atoms with Gasteiger partial charge >= 0.3 is 5.97 Å². The summed E-state index contributed by atoms with van der Waals surface area (Å²) < 4.78 is 47.0. The van der Waals surface area contributed by atoms with Crippen LogP contribution >= 0.6 is 11.8 Å². The van der Waals surface area contributed by atoms with E-state index in [9.17, 15) is 4.79 Å². The lowest BCUT2D eigenvalue weighted by Gasteiger charge is -2.39. The Morgan fingerprint density at radius 1 is 0.826 bits per heavy atom. The maximum absolute atomic E-state index is 13.6. The first kappa shape index (κ1) is 29.9. The molecule has 7 rings (SSSR count). The van der Waals surface area contributed by atoms with Gasteiger partial charge in [-0.05, 0) is 59.2 Å². The van der Waals surface area contributed by atoms with Gasteiger partial charge in [-0.1, -0.05) is 5.21 Å². The lowest BCUT2D eigenvalue weighted by Crippen LogP contribution is -2.37. The molecule has 0 saturated carbocycles. The fourth-order valence-corrected chi connectivity index (χ4v) is 7.53. The average molecular weight is 648 g/mol. The second-order valence-corrected chi connectivity index (χ2v) is 12.1. The number of esters is 1. The molecule has 0 spiro atoms. The van der Waals surface area contributed by atoms with Crippen LogP contribution in [0, 0.1) is 11.8 Å². The smallest absolute Gasteiger partial charge is 0.310 e. The van der Waals surface area contributed by atoms with E-state index in [1.165, 1.54) is 0 Å². The third-order valence-corrected chi connectivity index (χ3v) is 9.81. The van der Waals surface area contributed by atoms with Crippen molar-refractivity contribution in [2.24, 2.45) is 11.8 Å². The van der Waals surface area contributed by atoms with E-state index in [-0.39, 0.29) is 31.3 Å². The van der Waals surface area contributed by atoms with Crippen LogP contribution in [0.3, 0.4) is 0 Å². The summed E-state index contributed by atoms with van der Waals surface area (Å²) >= 11 is 1.61. The molecule has 1 saturated heterocycles. The molecule has 0 bridgehead atoms. The Morgan fingerprint density at radius 2 is 1.52 bits per heavy atom. The predicted octanol–water partition coefficient (Wildman–Crippen LogP) is 4.87. The number of cyclic esters (lactones) is 1. The second-order valence-electron chi connectivity index (χ2n) is 11.0. The molecular formula is C33H33N3O9S. The van der Waals surface area contributed by atoms with E-state index in [1.54, 1.807) is 47.3 Å². The normalized spacial score (nSPS) is 20.8. The highest BCUT2D eigenvalue weighted by Crippen LogP contribution is 2.56. The summed E-state index contributed by atoms with van der Waals surface area (Å²) in [5.74, 6) is 3.20.